The smallest absolute Gasteiger partial charge is 0.267 e. The van der Waals surface area contributed by atoms with Gasteiger partial charge in [-0.25, -0.2) is 0 Å². The van der Waals surface area contributed by atoms with Crippen LogP contribution in [0.4, 0.5) is 0 Å². The number of nitrogens with zero attached hydrogens (tertiary/aromatic N) is 2. The largest absolute Gasteiger partial charge is 0.364 e. The molecule has 6 heteroatoms. The molecule has 0 fully saturated rings. The maximum absolute atomic E-state index is 12.5. The van der Waals surface area contributed by atoms with E-state index in [0.717, 1.165) is 16.5 Å². The van der Waals surface area contributed by atoms with Gasteiger partial charge in [0.05, 0.1) is 5.56 Å². The van der Waals surface area contributed by atoms with Crippen LogP contribution in [0.5, 0.6) is 0 Å². The lowest BCUT2D eigenvalue weighted by molar-refractivity contribution is 0.0784. The van der Waals surface area contributed by atoms with Crippen LogP contribution in [0.2, 0.25) is 0 Å². The van der Waals surface area contributed by atoms with Gasteiger partial charge in [-0.3, -0.25) is 14.6 Å². The number of amides is 2. The summed E-state index contributed by atoms with van der Waals surface area (Å²) in [5, 5.41) is 1.09. The number of primary amides is 1. The third kappa shape index (κ3) is 2.91. The van der Waals surface area contributed by atoms with Crippen molar-refractivity contribution in [2.75, 3.05) is 7.05 Å². The summed E-state index contributed by atoms with van der Waals surface area (Å²) in [5.41, 5.74) is 7.79. The Labute approximate surface area is 132 Å². The zero-order valence-electron chi connectivity index (χ0n) is 12.6. The number of hydrogen-bond acceptors (Lipinski definition) is 3. The van der Waals surface area contributed by atoms with E-state index in [0.29, 0.717) is 12.1 Å². The van der Waals surface area contributed by atoms with Gasteiger partial charge in [0.15, 0.2) is 0 Å². The summed E-state index contributed by atoms with van der Waals surface area (Å²) in [6, 6.07) is 10.9. The number of benzene rings is 1. The van der Waals surface area contributed by atoms with Crippen LogP contribution >= 0.6 is 0 Å². The highest BCUT2D eigenvalue weighted by atomic mass is 16.2. The first-order chi connectivity index (χ1) is 11.1. The topological polar surface area (TPSA) is 92.1 Å². The zero-order chi connectivity index (χ0) is 16.4. The molecule has 3 N–H and O–H groups in total. The van der Waals surface area contributed by atoms with Crippen molar-refractivity contribution < 1.29 is 9.59 Å². The Morgan fingerprint density at radius 3 is 2.74 bits per heavy atom. The molecule has 0 saturated carbocycles. The maximum Gasteiger partial charge on any atom is 0.267 e. The number of carbonyl (C=O) groups excluding carboxylic acids is 2. The van der Waals surface area contributed by atoms with Crippen molar-refractivity contribution in [3.05, 3.63) is 65.6 Å². The molecule has 0 unspecified atom stereocenters. The number of hydrogen-bond donors (Lipinski definition) is 2. The minimum absolute atomic E-state index is 0.140. The molecule has 2 amide bonds. The Morgan fingerprint density at radius 2 is 2.04 bits per heavy atom. The molecule has 116 valence electrons. The number of nitrogens with two attached hydrogens (primary N) is 1. The number of nitrogens with one attached hydrogen (secondary N) is 1. The lowest BCUT2D eigenvalue weighted by atomic mass is 10.1. The molecule has 0 spiro atoms. The van der Waals surface area contributed by atoms with Crippen LogP contribution in [0.15, 0.2) is 48.8 Å². The molecule has 0 aliphatic heterocycles. The molecule has 6 nitrogen and oxygen atoms in total. The Kier molecular flexibility index (Phi) is 3.80. The maximum atomic E-state index is 12.5. The molecular weight excluding hydrogens is 292 g/mol. The fraction of sp³-hybridized carbons (Fsp3) is 0.118. The predicted octanol–water partition coefficient (Wildman–Crippen LogP) is 1.93. The second-order valence-electron chi connectivity index (χ2n) is 5.31. The molecule has 2 heterocycles. The van der Waals surface area contributed by atoms with Crippen molar-refractivity contribution in [3.63, 3.8) is 0 Å². The average molecular weight is 308 g/mol. The number of aromatic nitrogens is 2. The number of fused-ring (bicyclic) bond motifs is 1. The van der Waals surface area contributed by atoms with Gasteiger partial charge in [0.2, 0.25) is 0 Å². The molecule has 0 aliphatic carbocycles. The van der Waals surface area contributed by atoms with Crippen molar-refractivity contribution in [1.29, 1.82) is 0 Å². The van der Waals surface area contributed by atoms with Crippen molar-refractivity contribution in [2.24, 2.45) is 5.73 Å². The molecule has 0 bridgehead atoms. The fourth-order valence-corrected chi connectivity index (χ4v) is 2.50. The number of H-pyrrole nitrogens is 1. The van der Waals surface area contributed by atoms with Crippen LogP contribution < -0.4 is 5.73 Å². The van der Waals surface area contributed by atoms with Crippen LogP contribution in [0, 0.1) is 0 Å². The van der Waals surface area contributed by atoms with E-state index in [1.807, 2.05) is 30.5 Å². The van der Waals surface area contributed by atoms with Gasteiger partial charge in [0, 0.05) is 36.9 Å². The van der Waals surface area contributed by atoms with Gasteiger partial charge in [0.25, 0.3) is 11.8 Å². The van der Waals surface area contributed by atoms with Gasteiger partial charge in [-0.05, 0) is 29.8 Å². The van der Waals surface area contributed by atoms with E-state index in [9.17, 15) is 9.59 Å². The van der Waals surface area contributed by atoms with E-state index in [4.69, 9.17) is 5.73 Å². The molecule has 0 aliphatic rings. The molecule has 3 aromatic rings. The summed E-state index contributed by atoms with van der Waals surface area (Å²) in [7, 11) is 1.73. The van der Waals surface area contributed by atoms with Crippen LogP contribution in [0.1, 0.15) is 26.4 Å². The van der Waals surface area contributed by atoms with E-state index in [1.54, 1.807) is 18.0 Å². The molecule has 3 rings (SSSR count). The summed E-state index contributed by atoms with van der Waals surface area (Å²) in [6.45, 7) is 0.478. The van der Waals surface area contributed by atoms with Crippen molar-refractivity contribution >= 4 is 22.7 Å². The first-order valence-electron chi connectivity index (χ1n) is 7.12. The van der Waals surface area contributed by atoms with Crippen LogP contribution in [0.25, 0.3) is 10.9 Å². The summed E-state index contributed by atoms with van der Waals surface area (Å²) < 4.78 is 0. The van der Waals surface area contributed by atoms with Gasteiger partial charge in [-0.2, -0.15) is 0 Å². The van der Waals surface area contributed by atoms with Crippen molar-refractivity contribution in [3.8, 4) is 0 Å². The SMILES string of the molecule is CN(Cc1cccc2[nH]ccc12)C(=O)c1ccc(C(N)=O)nc1. The summed E-state index contributed by atoms with van der Waals surface area (Å²) >= 11 is 0. The number of pyridine rings is 1. The minimum Gasteiger partial charge on any atom is -0.364 e. The first kappa shape index (κ1) is 14.8. The van der Waals surface area contributed by atoms with Gasteiger partial charge in [-0.1, -0.05) is 12.1 Å². The normalized spacial score (nSPS) is 10.7. The van der Waals surface area contributed by atoms with Gasteiger partial charge in [-0.15, -0.1) is 0 Å². The summed E-state index contributed by atoms with van der Waals surface area (Å²) in [5.74, 6) is -0.780. The van der Waals surface area contributed by atoms with E-state index < -0.39 is 5.91 Å². The lowest BCUT2D eigenvalue weighted by Crippen LogP contribution is -2.26. The molecule has 0 atom stereocenters. The van der Waals surface area contributed by atoms with E-state index in [-0.39, 0.29) is 11.6 Å². The van der Waals surface area contributed by atoms with E-state index in [2.05, 4.69) is 9.97 Å². The second-order valence-corrected chi connectivity index (χ2v) is 5.31. The Morgan fingerprint density at radius 1 is 1.22 bits per heavy atom. The molecule has 0 saturated heterocycles. The highest BCUT2D eigenvalue weighted by molar-refractivity contribution is 5.96. The lowest BCUT2D eigenvalue weighted by Gasteiger charge is -2.18. The van der Waals surface area contributed by atoms with Gasteiger partial charge in [0.1, 0.15) is 5.69 Å². The quantitative estimate of drug-likeness (QED) is 0.771. The summed E-state index contributed by atoms with van der Waals surface area (Å²) in [6.07, 6.45) is 3.25. The van der Waals surface area contributed by atoms with Crippen molar-refractivity contribution in [1.82, 2.24) is 14.9 Å². The van der Waals surface area contributed by atoms with Crippen LogP contribution in [0.3, 0.4) is 0 Å². The second kappa shape index (κ2) is 5.92. The molecule has 2 aromatic heterocycles. The highest BCUT2D eigenvalue weighted by Crippen LogP contribution is 2.19. The minimum atomic E-state index is -0.614. The number of carbonyl (C=O) groups is 2. The third-order valence-corrected chi connectivity index (χ3v) is 3.70. The average Bonchev–Trinajstić information content (AvgIpc) is 3.04. The van der Waals surface area contributed by atoms with Crippen LogP contribution in [-0.2, 0) is 6.54 Å². The summed E-state index contributed by atoms with van der Waals surface area (Å²) in [4.78, 5) is 32.2. The Balaban J connectivity index is 1.79. The van der Waals surface area contributed by atoms with E-state index >= 15 is 0 Å². The van der Waals surface area contributed by atoms with Gasteiger partial charge < -0.3 is 15.6 Å². The third-order valence-electron chi connectivity index (χ3n) is 3.70. The predicted molar refractivity (Wildman–Crippen MR) is 86.9 cm³/mol. The first-order valence-corrected chi connectivity index (χ1v) is 7.12. The zero-order valence-corrected chi connectivity index (χ0v) is 12.6. The Bertz CT molecular complexity index is 868. The van der Waals surface area contributed by atoms with Gasteiger partial charge >= 0.3 is 0 Å². The van der Waals surface area contributed by atoms with Crippen LogP contribution in [-0.4, -0.2) is 33.7 Å². The van der Waals surface area contributed by atoms with E-state index in [1.165, 1.54) is 12.3 Å². The molecule has 1 aromatic carbocycles. The fourth-order valence-electron chi connectivity index (χ4n) is 2.50. The number of rotatable bonds is 4. The standard InChI is InChI=1S/C17H16N4O2/c1-21(10-12-3-2-4-14-13(12)7-8-19-14)17(23)11-5-6-15(16(18)22)20-9-11/h2-9,19H,10H2,1H3,(H2,18,22). The molecule has 23 heavy (non-hydrogen) atoms. The highest BCUT2D eigenvalue weighted by Gasteiger charge is 2.14. The molecule has 0 radical (unpaired) electrons. The molecular formula is C17H16N4O2. The number of aromatic amines is 1. The van der Waals surface area contributed by atoms with Crippen molar-refractivity contribution in [2.45, 2.75) is 6.54 Å². The monoisotopic (exact) mass is 308 g/mol. The Hall–Kier alpha value is -3.15.